The van der Waals surface area contributed by atoms with Crippen LogP contribution in [0.15, 0.2) is 22.7 Å². The second-order valence-electron chi connectivity index (χ2n) is 2.97. The van der Waals surface area contributed by atoms with E-state index in [-0.39, 0.29) is 18.7 Å². The molecule has 7 heteroatoms. The molecule has 6 nitrogen and oxygen atoms in total. The van der Waals surface area contributed by atoms with Crippen molar-refractivity contribution in [2.24, 2.45) is 5.73 Å². The smallest absolute Gasteiger partial charge is 0.274 e. The molecule has 0 aromatic heterocycles. The Morgan fingerprint density at radius 2 is 2.19 bits per heavy atom. The molecule has 0 bridgehead atoms. The van der Waals surface area contributed by atoms with E-state index in [1.807, 2.05) is 0 Å². The summed E-state index contributed by atoms with van der Waals surface area (Å²) in [5, 5.41) is 10.5. The number of carbonyl (C=O) groups excluding carboxylic acids is 1. The third-order valence-electron chi connectivity index (χ3n) is 1.68. The van der Waals surface area contributed by atoms with Crippen molar-refractivity contribution in [2.75, 3.05) is 6.61 Å². The normalized spacial score (nSPS) is 9.81. The van der Waals surface area contributed by atoms with Crippen LogP contribution in [0.1, 0.15) is 6.42 Å². The first-order chi connectivity index (χ1) is 7.49. The van der Waals surface area contributed by atoms with Gasteiger partial charge in [-0.1, -0.05) is 15.9 Å². The minimum absolute atomic E-state index is 0.0698. The van der Waals surface area contributed by atoms with E-state index in [0.717, 1.165) is 0 Å². The first kappa shape index (κ1) is 12.4. The van der Waals surface area contributed by atoms with E-state index in [4.69, 9.17) is 10.5 Å². The lowest BCUT2D eigenvalue weighted by Gasteiger charge is -2.04. The number of nitrogens with two attached hydrogens (primary N) is 1. The number of halogens is 1. The van der Waals surface area contributed by atoms with Gasteiger partial charge in [0.05, 0.1) is 24.0 Å². The second kappa shape index (κ2) is 5.45. The number of carbonyl (C=O) groups is 1. The standard InChI is InChI=1S/C9H9BrN2O4/c10-6-3-7(12(14)15)5-8(4-6)16-2-1-9(11)13/h3-5H,1-2H2,(H2,11,13). The SMILES string of the molecule is NC(=O)CCOc1cc(Br)cc([N+](=O)[O-])c1. The average molecular weight is 289 g/mol. The molecule has 1 aromatic carbocycles. The van der Waals surface area contributed by atoms with Crippen LogP contribution >= 0.6 is 15.9 Å². The maximum atomic E-state index is 10.5. The van der Waals surface area contributed by atoms with E-state index in [9.17, 15) is 14.9 Å². The van der Waals surface area contributed by atoms with Crippen molar-refractivity contribution < 1.29 is 14.5 Å². The maximum Gasteiger partial charge on any atom is 0.274 e. The summed E-state index contributed by atoms with van der Waals surface area (Å²) in [6, 6.07) is 4.22. The van der Waals surface area contributed by atoms with Gasteiger partial charge in [-0.3, -0.25) is 14.9 Å². The predicted molar refractivity (Wildman–Crippen MR) is 60.1 cm³/mol. The highest BCUT2D eigenvalue weighted by molar-refractivity contribution is 9.10. The van der Waals surface area contributed by atoms with Crippen LogP contribution in [-0.4, -0.2) is 17.4 Å². The monoisotopic (exact) mass is 288 g/mol. The second-order valence-corrected chi connectivity index (χ2v) is 3.88. The van der Waals surface area contributed by atoms with E-state index in [1.54, 1.807) is 6.07 Å². The average Bonchev–Trinajstić information content (AvgIpc) is 2.16. The Hall–Kier alpha value is -1.63. The Morgan fingerprint density at radius 3 is 2.75 bits per heavy atom. The fourth-order valence-corrected chi connectivity index (χ4v) is 1.47. The summed E-state index contributed by atoms with van der Waals surface area (Å²) in [7, 11) is 0. The van der Waals surface area contributed by atoms with Gasteiger partial charge in [-0.2, -0.15) is 0 Å². The van der Waals surface area contributed by atoms with Gasteiger partial charge < -0.3 is 10.5 Å². The number of hydrogen-bond acceptors (Lipinski definition) is 4. The molecule has 0 aliphatic carbocycles. The summed E-state index contributed by atoms with van der Waals surface area (Å²) < 4.78 is 5.69. The lowest BCUT2D eigenvalue weighted by Crippen LogP contribution is -2.14. The molecule has 16 heavy (non-hydrogen) atoms. The Bertz CT molecular complexity index is 422. The van der Waals surface area contributed by atoms with Crippen LogP contribution in [0.25, 0.3) is 0 Å². The van der Waals surface area contributed by atoms with Crippen molar-refractivity contribution in [3.05, 3.63) is 32.8 Å². The van der Waals surface area contributed by atoms with Gasteiger partial charge in [0.15, 0.2) is 0 Å². The predicted octanol–water partition coefficient (Wildman–Crippen LogP) is 1.61. The molecule has 0 radical (unpaired) electrons. The number of ether oxygens (including phenoxy) is 1. The van der Waals surface area contributed by atoms with Crippen LogP contribution in [0, 0.1) is 10.1 Å². The van der Waals surface area contributed by atoms with Crippen LogP contribution in [-0.2, 0) is 4.79 Å². The largest absolute Gasteiger partial charge is 0.493 e. The van der Waals surface area contributed by atoms with Gasteiger partial charge in [-0.05, 0) is 6.07 Å². The molecule has 1 rings (SSSR count). The highest BCUT2D eigenvalue weighted by Gasteiger charge is 2.09. The molecule has 1 amide bonds. The zero-order valence-corrected chi connectivity index (χ0v) is 9.77. The maximum absolute atomic E-state index is 10.5. The molecule has 2 N–H and O–H groups in total. The lowest BCUT2D eigenvalue weighted by atomic mass is 10.3. The van der Waals surface area contributed by atoms with Gasteiger partial charge >= 0.3 is 0 Å². The summed E-state index contributed by atoms with van der Waals surface area (Å²) in [4.78, 5) is 20.5. The number of primary amides is 1. The van der Waals surface area contributed by atoms with Crippen molar-refractivity contribution in [3.8, 4) is 5.75 Å². The van der Waals surface area contributed by atoms with Gasteiger partial charge in [0.25, 0.3) is 5.69 Å². The van der Waals surface area contributed by atoms with Gasteiger partial charge in [-0.25, -0.2) is 0 Å². The summed E-state index contributed by atoms with van der Waals surface area (Å²) in [5.74, 6) is -0.160. The molecule has 86 valence electrons. The molecule has 1 aromatic rings. The first-order valence-electron chi connectivity index (χ1n) is 4.35. The van der Waals surface area contributed by atoms with Crippen molar-refractivity contribution in [2.45, 2.75) is 6.42 Å². The van der Waals surface area contributed by atoms with Crippen LogP contribution in [0.4, 0.5) is 5.69 Å². The zero-order chi connectivity index (χ0) is 12.1. The minimum atomic E-state index is -0.522. The van der Waals surface area contributed by atoms with Crippen LogP contribution in [0.3, 0.4) is 0 Å². The van der Waals surface area contributed by atoms with Crippen LogP contribution < -0.4 is 10.5 Å². The lowest BCUT2D eigenvalue weighted by molar-refractivity contribution is -0.385. The van der Waals surface area contributed by atoms with Gasteiger partial charge in [0.2, 0.25) is 5.91 Å². The highest BCUT2D eigenvalue weighted by Crippen LogP contribution is 2.26. The van der Waals surface area contributed by atoms with Gasteiger partial charge in [0, 0.05) is 10.5 Å². The van der Waals surface area contributed by atoms with Crippen LogP contribution in [0.5, 0.6) is 5.75 Å². The van der Waals surface area contributed by atoms with E-state index >= 15 is 0 Å². The number of nitro benzene ring substituents is 1. The van der Waals surface area contributed by atoms with Gasteiger partial charge in [0.1, 0.15) is 5.75 Å². The third-order valence-corrected chi connectivity index (χ3v) is 2.14. The number of hydrogen-bond donors (Lipinski definition) is 1. The summed E-state index contributed by atoms with van der Waals surface area (Å²) in [6.07, 6.45) is 0.0698. The number of nitrogens with zero attached hydrogens (tertiary/aromatic N) is 1. The van der Waals surface area contributed by atoms with Crippen molar-refractivity contribution in [1.29, 1.82) is 0 Å². The Morgan fingerprint density at radius 1 is 1.50 bits per heavy atom. The molecule has 0 aliphatic heterocycles. The quantitative estimate of drug-likeness (QED) is 0.658. The van der Waals surface area contributed by atoms with Gasteiger partial charge in [-0.15, -0.1) is 0 Å². The fourth-order valence-electron chi connectivity index (χ4n) is 1.01. The third kappa shape index (κ3) is 3.85. The first-order valence-corrected chi connectivity index (χ1v) is 5.14. The summed E-state index contributed by atoms with van der Waals surface area (Å²) in [6.45, 7) is 0.100. The number of amides is 1. The summed E-state index contributed by atoms with van der Waals surface area (Å²) in [5.41, 5.74) is 4.85. The summed E-state index contributed by atoms with van der Waals surface area (Å²) >= 11 is 3.13. The molecule has 0 fully saturated rings. The van der Waals surface area contributed by atoms with Crippen LogP contribution in [0.2, 0.25) is 0 Å². The Labute approximate surface area is 99.7 Å². The topological polar surface area (TPSA) is 95.5 Å². The Balaban J connectivity index is 2.72. The number of nitro groups is 1. The Kier molecular flexibility index (Phi) is 4.24. The van der Waals surface area contributed by atoms with Crippen molar-refractivity contribution >= 4 is 27.5 Å². The van der Waals surface area contributed by atoms with E-state index in [0.29, 0.717) is 10.2 Å². The number of non-ortho nitro benzene ring substituents is 1. The molecule has 0 heterocycles. The van der Waals surface area contributed by atoms with E-state index < -0.39 is 10.8 Å². The van der Waals surface area contributed by atoms with E-state index in [2.05, 4.69) is 15.9 Å². The molecule has 0 atom stereocenters. The molecule has 0 saturated carbocycles. The minimum Gasteiger partial charge on any atom is -0.493 e. The number of benzene rings is 1. The number of rotatable bonds is 5. The van der Waals surface area contributed by atoms with E-state index in [1.165, 1.54) is 12.1 Å². The fraction of sp³-hybridized carbons (Fsp3) is 0.222. The molecular formula is C9H9BrN2O4. The highest BCUT2D eigenvalue weighted by atomic mass is 79.9. The van der Waals surface area contributed by atoms with Crippen molar-refractivity contribution in [1.82, 2.24) is 0 Å². The molecule has 0 unspecified atom stereocenters. The molecular weight excluding hydrogens is 280 g/mol. The zero-order valence-electron chi connectivity index (χ0n) is 8.18. The molecule has 0 saturated heterocycles. The molecule has 0 aliphatic rings. The molecule has 0 spiro atoms. The van der Waals surface area contributed by atoms with Crippen molar-refractivity contribution in [3.63, 3.8) is 0 Å².